The maximum Gasteiger partial charge on any atom is 0.347 e. The number of hydrogen-bond donors (Lipinski definition) is 0. The van der Waals surface area contributed by atoms with E-state index in [9.17, 15) is 9.59 Å². The minimum atomic E-state index is -0.842. The van der Waals surface area contributed by atoms with Gasteiger partial charge in [0.25, 0.3) is 5.56 Å². The maximum atomic E-state index is 13.6. The lowest BCUT2D eigenvalue weighted by Gasteiger charge is -2.18. The van der Waals surface area contributed by atoms with Crippen LogP contribution in [-0.2, 0) is 9.53 Å². The number of furan rings is 1. The van der Waals surface area contributed by atoms with Gasteiger partial charge in [-0.3, -0.25) is 4.79 Å². The van der Waals surface area contributed by atoms with Crippen molar-refractivity contribution in [3.63, 3.8) is 0 Å². The molecule has 2 heterocycles. The number of carbonyl (C=O) groups excluding carboxylic acids is 1. The van der Waals surface area contributed by atoms with Gasteiger partial charge in [0, 0.05) is 36.8 Å². The zero-order valence-electron chi connectivity index (χ0n) is 22.1. The van der Waals surface area contributed by atoms with Crippen LogP contribution in [-0.4, -0.2) is 48.7 Å². The Morgan fingerprint density at radius 2 is 1.87 bits per heavy atom. The first-order valence-corrected chi connectivity index (χ1v) is 12.6. The van der Waals surface area contributed by atoms with E-state index in [2.05, 4.69) is 5.10 Å². The minimum Gasteiger partial charge on any atom is -0.478 e. The van der Waals surface area contributed by atoms with Crippen molar-refractivity contribution in [2.24, 2.45) is 5.10 Å². The number of rotatable bonds is 8. The molecule has 0 saturated heterocycles. The van der Waals surface area contributed by atoms with E-state index in [-0.39, 0.29) is 18.0 Å². The molecule has 0 amide bonds. The number of nitrogens with zero attached hydrogens (tertiary/aromatic N) is 4. The number of carbonyl (C=O) groups is 1. The van der Waals surface area contributed by atoms with Gasteiger partial charge in [-0.05, 0) is 50.2 Å². The third kappa shape index (κ3) is 5.24. The van der Waals surface area contributed by atoms with E-state index in [4.69, 9.17) is 18.9 Å². The topological polar surface area (TPSA) is 99.2 Å². The number of ether oxygens (including phenoxy) is 2. The molecular formula is C30H28N4O5. The van der Waals surface area contributed by atoms with E-state index in [0.717, 1.165) is 11.1 Å². The molecule has 0 bridgehead atoms. The van der Waals surface area contributed by atoms with Crippen LogP contribution >= 0.6 is 0 Å². The van der Waals surface area contributed by atoms with Crippen molar-refractivity contribution in [1.29, 1.82) is 0 Å². The smallest absolute Gasteiger partial charge is 0.347 e. The van der Waals surface area contributed by atoms with E-state index in [0.29, 0.717) is 33.6 Å². The van der Waals surface area contributed by atoms with E-state index in [1.165, 1.54) is 10.9 Å². The fourth-order valence-corrected chi connectivity index (χ4v) is 4.11. The zero-order chi connectivity index (χ0) is 27.5. The van der Waals surface area contributed by atoms with Gasteiger partial charge in [-0.2, -0.15) is 9.78 Å². The van der Waals surface area contributed by atoms with Crippen molar-refractivity contribution in [3.05, 3.63) is 88.7 Å². The molecular weight excluding hydrogens is 496 g/mol. The van der Waals surface area contributed by atoms with Crippen LogP contribution in [0.5, 0.6) is 5.75 Å². The van der Waals surface area contributed by atoms with Crippen LogP contribution in [0.3, 0.4) is 0 Å². The number of aromatic nitrogens is 2. The first-order chi connectivity index (χ1) is 18.9. The summed E-state index contributed by atoms with van der Waals surface area (Å²) in [5, 5.41) is 5.85. The Balaban J connectivity index is 1.63. The molecule has 0 saturated carbocycles. The van der Waals surface area contributed by atoms with Crippen molar-refractivity contribution in [3.8, 4) is 17.3 Å². The van der Waals surface area contributed by atoms with Crippen molar-refractivity contribution in [2.75, 3.05) is 25.6 Å². The standard InChI is InChI=1S/C30H28N4O5/c1-5-37-30(36)19(2)38-26-17-22(33(3)4)15-14-21(26)18-31-34-28(27-16-20-10-6-9-13-25(20)39-27)32-24-12-8-7-11-23(24)29(34)35/h6-19H,5H2,1-4H3/t19-/m0/s1. The molecule has 39 heavy (non-hydrogen) atoms. The lowest BCUT2D eigenvalue weighted by Crippen LogP contribution is -2.26. The minimum absolute atomic E-state index is 0.251. The largest absolute Gasteiger partial charge is 0.478 e. The van der Waals surface area contributed by atoms with Crippen molar-refractivity contribution in [1.82, 2.24) is 9.66 Å². The quantitative estimate of drug-likeness (QED) is 0.206. The highest BCUT2D eigenvalue weighted by Crippen LogP contribution is 2.28. The van der Waals surface area contributed by atoms with Crippen molar-refractivity contribution < 1.29 is 18.7 Å². The van der Waals surface area contributed by atoms with E-state index in [1.807, 2.05) is 67.5 Å². The van der Waals surface area contributed by atoms with Crippen LogP contribution in [0.4, 0.5) is 5.69 Å². The predicted molar refractivity (Wildman–Crippen MR) is 152 cm³/mol. The summed E-state index contributed by atoms with van der Waals surface area (Å²) in [6.45, 7) is 3.62. The molecule has 3 aromatic carbocycles. The van der Waals surface area contributed by atoms with Gasteiger partial charge in [-0.1, -0.05) is 30.3 Å². The number of fused-ring (bicyclic) bond motifs is 2. The summed E-state index contributed by atoms with van der Waals surface area (Å²) in [5.74, 6) is 0.611. The number of anilines is 1. The second-order valence-corrected chi connectivity index (χ2v) is 9.09. The zero-order valence-corrected chi connectivity index (χ0v) is 22.1. The van der Waals surface area contributed by atoms with Gasteiger partial charge >= 0.3 is 5.97 Å². The van der Waals surface area contributed by atoms with Crippen molar-refractivity contribution in [2.45, 2.75) is 20.0 Å². The highest BCUT2D eigenvalue weighted by molar-refractivity contribution is 5.87. The van der Waals surface area contributed by atoms with Gasteiger partial charge in [-0.25, -0.2) is 9.78 Å². The molecule has 5 rings (SSSR count). The van der Waals surface area contributed by atoms with Gasteiger partial charge in [0.1, 0.15) is 11.3 Å². The molecule has 0 radical (unpaired) electrons. The van der Waals surface area contributed by atoms with Crippen LogP contribution in [0.1, 0.15) is 19.4 Å². The van der Waals surface area contributed by atoms with E-state index >= 15 is 0 Å². The average Bonchev–Trinajstić information content (AvgIpc) is 3.37. The molecule has 0 spiro atoms. The number of benzene rings is 3. The molecule has 0 unspecified atom stereocenters. The summed E-state index contributed by atoms with van der Waals surface area (Å²) < 4.78 is 18.3. The molecule has 2 aromatic heterocycles. The lowest BCUT2D eigenvalue weighted by molar-refractivity contribution is -0.150. The molecule has 5 aromatic rings. The molecule has 9 heteroatoms. The number of esters is 1. The fraction of sp³-hybridized carbons (Fsp3) is 0.200. The third-order valence-electron chi connectivity index (χ3n) is 6.15. The molecule has 0 aliphatic carbocycles. The predicted octanol–water partition coefficient (Wildman–Crippen LogP) is 5.09. The highest BCUT2D eigenvalue weighted by Gasteiger charge is 2.19. The molecule has 0 aliphatic rings. The second kappa shape index (κ2) is 10.8. The summed E-state index contributed by atoms with van der Waals surface area (Å²) in [5.41, 5.74) is 2.29. The van der Waals surface area contributed by atoms with Crippen LogP contribution in [0.15, 0.2) is 87.1 Å². The van der Waals surface area contributed by atoms with E-state index in [1.54, 1.807) is 38.1 Å². The lowest BCUT2D eigenvalue weighted by atomic mass is 10.2. The Bertz CT molecular complexity index is 1720. The van der Waals surface area contributed by atoms with Gasteiger partial charge in [0.05, 0.1) is 23.7 Å². The summed E-state index contributed by atoms with van der Waals surface area (Å²) >= 11 is 0. The number of para-hydroxylation sites is 2. The molecule has 1 atom stereocenters. The summed E-state index contributed by atoms with van der Waals surface area (Å²) in [4.78, 5) is 32.5. The van der Waals surface area contributed by atoms with Crippen LogP contribution in [0, 0.1) is 0 Å². The van der Waals surface area contributed by atoms with E-state index < -0.39 is 12.1 Å². The van der Waals surface area contributed by atoms with Gasteiger partial charge < -0.3 is 18.8 Å². The average molecular weight is 525 g/mol. The first-order valence-electron chi connectivity index (χ1n) is 12.6. The third-order valence-corrected chi connectivity index (χ3v) is 6.15. The summed E-state index contributed by atoms with van der Waals surface area (Å²) in [6, 6.07) is 22.0. The Hall–Kier alpha value is -4.92. The first kappa shape index (κ1) is 25.7. The monoisotopic (exact) mass is 524 g/mol. The van der Waals surface area contributed by atoms with Crippen LogP contribution in [0.2, 0.25) is 0 Å². The van der Waals surface area contributed by atoms with Gasteiger partial charge in [-0.15, -0.1) is 0 Å². The van der Waals surface area contributed by atoms with Crippen LogP contribution < -0.4 is 15.2 Å². The normalized spacial score (nSPS) is 12.2. The molecule has 0 fully saturated rings. The molecule has 9 nitrogen and oxygen atoms in total. The van der Waals surface area contributed by atoms with Crippen molar-refractivity contribution >= 4 is 39.7 Å². The number of hydrogen-bond acceptors (Lipinski definition) is 8. The highest BCUT2D eigenvalue weighted by atomic mass is 16.6. The van der Waals surface area contributed by atoms with Gasteiger partial charge in [0.2, 0.25) is 5.82 Å². The second-order valence-electron chi connectivity index (χ2n) is 9.09. The van der Waals surface area contributed by atoms with Crippen LogP contribution in [0.25, 0.3) is 33.5 Å². The van der Waals surface area contributed by atoms with Gasteiger partial charge in [0.15, 0.2) is 11.9 Å². The summed E-state index contributed by atoms with van der Waals surface area (Å²) in [7, 11) is 3.81. The Morgan fingerprint density at radius 3 is 2.64 bits per heavy atom. The summed E-state index contributed by atoms with van der Waals surface area (Å²) in [6.07, 6.45) is 0.669. The Morgan fingerprint density at radius 1 is 1.10 bits per heavy atom. The Kier molecular flexibility index (Phi) is 7.14. The molecule has 0 aliphatic heterocycles. The fourth-order valence-electron chi connectivity index (χ4n) is 4.11. The molecule has 0 N–H and O–H groups in total. The Labute approximate surface area is 224 Å². The molecule has 198 valence electrons. The SMILES string of the molecule is CCOC(=O)[C@H](C)Oc1cc(N(C)C)ccc1C=Nn1c(-c2cc3ccccc3o2)nc2ccccc2c1=O. The maximum absolute atomic E-state index is 13.6.